The van der Waals surface area contributed by atoms with Crippen LogP contribution in [0.1, 0.15) is 320 Å². The molecule has 0 saturated carbocycles. The summed E-state index contributed by atoms with van der Waals surface area (Å²) >= 11 is 0. The maximum absolute atomic E-state index is 15.3. The third kappa shape index (κ3) is 18.0. The Morgan fingerprint density at radius 1 is 0.506 bits per heavy atom. The van der Waals surface area contributed by atoms with Crippen molar-refractivity contribution in [3.8, 4) is 0 Å². The van der Waals surface area contributed by atoms with E-state index in [0.29, 0.717) is 16.7 Å². The number of rotatable bonds is 45. The van der Waals surface area contributed by atoms with Gasteiger partial charge in [-0.3, -0.25) is 4.79 Å². The first-order valence-electron chi connectivity index (χ1n) is 33.0. The SMILES string of the molecule is CCCCCCCCCCC1(CCCCCCCC)C(=CC2=C(O)C(=CC3=[N+](CCCCCC)c4ccc(C(=O)O)cc4C3(CCCCCCCC)CCCCCCCCCC)C2=O)N(CCCCCC)c2ccccc21. The number of fused-ring (bicyclic) bond motifs is 2. The minimum absolute atomic E-state index is 0.0569. The molecule has 2 N–H and O–H groups in total. The van der Waals surface area contributed by atoms with Gasteiger partial charge in [0.05, 0.1) is 22.1 Å². The minimum atomic E-state index is -0.898. The smallest absolute Gasteiger partial charge is 0.335 e. The molecule has 2 unspecified atom stereocenters. The van der Waals surface area contributed by atoms with Crippen LogP contribution in [-0.4, -0.2) is 45.3 Å². The number of aliphatic hydroxyl groups is 1. The van der Waals surface area contributed by atoms with Crippen LogP contribution in [0.5, 0.6) is 0 Å². The molecule has 0 bridgehead atoms. The Morgan fingerprint density at radius 2 is 0.935 bits per heavy atom. The van der Waals surface area contributed by atoms with Gasteiger partial charge in [-0.05, 0) is 68.4 Å². The fraction of sp³-hybridized carbons (Fsp3) is 0.704. The highest BCUT2D eigenvalue weighted by Gasteiger charge is 2.52. The topological polar surface area (TPSA) is 80.9 Å². The number of Topliss-reactive ketones (excluding diaryl/α,β-unsaturated/α-hetero) is 1. The first-order chi connectivity index (χ1) is 37.7. The summed E-state index contributed by atoms with van der Waals surface area (Å²) < 4.78 is 2.46. The van der Waals surface area contributed by atoms with Crippen LogP contribution >= 0.6 is 0 Å². The van der Waals surface area contributed by atoms with Crippen LogP contribution in [0.25, 0.3) is 0 Å². The van der Waals surface area contributed by atoms with Gasteiger partial charge in [-0.15, -0.1) is 0 Å². The molecule has 0 radical (unpaired) electrons. The van der Waals surface area contributed by atoms with Crippen molar-refractivity contribution in [1.29, 1.82) is 0 Å². The summed E-state index contributed by atoms with van der Waals surface area (Å²) in [6.45, 7) is 15.4. The number of hydrogen-bond acceptors (Lipinski definition) is 4. The summed E-state index contributed by atoms with van der Waals surface area (Å²) in [4.78, 5) is 30.8. The third-order valence-electron chi connectivity index (χ3n) is 18.2. The number of unbranched alkanes of at least 4 members (excludes halogenated alkanes) is 30. The zero-order chi connectivity index (χ0) is 55.1. The highest BCUT2D eigenvalue weighted by molar-refractivity contribution is 6.24. The molecule has 2 atom stereocenters. The number of carboxylic acid groups (broad SMARTS) is 1. The predicted molar refractivity (Wildman–Crippen MR) is 330 cm³/mol. The number of carboxylic acids is 1. The van der Waals surface area contributed by atoms with Gasteiger partial charge in [0.1, 0.15) is 12.3 Å². The molecule has 0 fully saturated rings. The molecule has 0 aromatic heterocycles. The van der Waals surface area contributed by atoms with Gasteiger partial charge in [-0.25, -0.2) is 4.79 Å². The number of allylic oxidation sites excluding steroid dienone is 5. The lowest BCUT2D eigenvalue weighted by molar-refractivity contribution is -0.438. The van der Waals surface area contributed by atoms with Crippen LogP contribution in [0.2, 0.25) is 0 Å². The van der Waals surface area contributed by atoms with Crippen LogP contribution in [0.15, 0.2) is 77.2 Å². The monoisotopic (exact) mass is 1060 g/mol. The van der Waals surface area contributed by atoms with Crippen molar-refractivity contribution in [2.75, 3.05) is 18.0 Å². The maximum Gasteiger partial charge on any atom is 0.335 e. The van der Waals surface area contributed by atoms with Crippen LogP contribution < -0.4 is 4.90 Å². The van der Waals surface area contributed by atoms with Gasteiger partial charge in [-0.2, -0.15) is 4.58 Å². The van der Waals surface area contributed by atoms with Gasteiger partial charge in [0.15, 0.2) is 5.71 Å². The van der Waals surface area contributed by atoms with Crippen LogP contribution in [0.4, 0.5) is 11.4 Å². The second-order valence-electron chi connectivity index (χ2n) is 24.2. The normalized spacial score (nSPS) is 19.1. The predicted octanol–water partition coefficient (Wildman–Crippen LogP) is 21.4. The molecule has 3 aliphatic rings. The molecular formula is C71H113N2O4+. The average molecular weight is 1060 g/mol. The number of aromatic carboxylic acids is 1. The largest absolute Gasteiger partial charge is 0.506 e. The number of carbonyl (C=O) groups is 2. The fourth-order valence-electron chi connectivity index (χ4n) is 13.6. The Balaban J connectivity index is 1.66. The zero-order valence-corrected chi connectivity index (χ0v) is 50.5. The van der Waals surface area contributed by atoms with Crippen molar-refractivity contribution in [1.82, 2.24) is 0 Å². The van der Waals surface area contributed by atoms with E-state index in [1.807, 2.05) is 6.07 Å². The standard InChI is InChI=1S/C71H112N2O4/c1-7-13-19-25-29-31-35-40-50-70(49-39-33-27-21-15-9-3)61-45-37-38-46-63(61)72(53-43-23-17-11-5)65(70)56-59-67(74)60(68(59)75)57-66-71(51-41-34-28-22-16-10-4,52-42-36-32-30-26-20-14-8-2)62-55-58(69(76)77)47-48-64(62)73(66)54-44-24-18-12-6/h37-38,45-48,55-57H,7-36,39-44,49-54H2,1-6H3,(H-,74,75,76,77)/p+1. The summed E-state index contributed by atoms with van der Waals surface area (Å²) in [5.74, 6) is -0.824. The van der Waals surface area contributed by atoms with E-state index in [2.05, 4.69) is 93.5 Å². The van der Waals surface area contributed by atoms with Crippen molar-refractivity contribution >= 4 is 28.8 Å². The second-order valence-corrected chi connectivity index (χ2v) is 24.2. The highest BCUT2D eigenvalue weighted by Crippen LogP contribution is 2.55. The molecule has 0 spiro atoms. The number of anilines is 1. The van der Waals surface area contributed by atoms with Gasteiger partial charge in [0.2, 0.25) is 11.5 Å². The molecule has 2 heterocycles. The quantitative estimate of drug-likeness (QED) is 0.0392. The summed E-state index contributed by atoms with van der Waals surface area (Å²) in [5.41, 5.74) is 7.75. The van der Waals surface area contributed by atoms with Gasteiger partial charge in [-0.1, -0.05) is 272 Å². The average Bonchev–Trinajstić information content (AvgIpc) is 3.87. The summed E-state index contributed by atoms with van der Waals surface area (Å²) in [6, 6.07) is 15.0. The Kier molecular flexibility index (Phi) is 29.6. The number of aliphatic hydroxyl groups excluding tert-OH is 1. The van der Waals surface area contributed by atoms with Gasteiger partial charge < -0.3 is 15.1 Å². The Hall–Kier alpha value is -3.93. The molecule has 6 nitrogen and oxygen atoms in total. The number of hydrogen-bond donors (Lipinski definition) is 2. The van der Waals surface area contributed by atoms with E-state index in [1.54, 1.807) is 6.07 Å². The molecule has 5 rings (SSSR count). The van der Waals surface area contributed by atoms with Crippen LogP contribution in [0, 0.1) is 0 Å². The van der Waals surface area contributed by atoms with Gasteiger partial charge in [0, 0.05) is 47.5 Å². The molecule has 1 aliphatic carbocycles. The number of nitrogens with zero attached hydrogens (tertiary/aromatic N) is 2. The molecule has 0 amide bonds. The summed E-state index contributed by atoms with van der Waals surface area (Å²) in [5, 5.41) is 23.2. The molecule has 2 aromatic rings. The van der Waals surface area contributed by atoms with Crippen molar-refractivity contribution < 1.29 is 24.4 Å². The molecule has 0 saturated heterocycles. The van der Waals surface area contributed by atoms with E-state index in [1.165, 1.54) is 177 Å². The molecular weight excluding hydrogens is 945 g/mol. The molecule has 2 aliphatic heterocycles. The lowest BCUT2D eigenvalue weighted by Gasteiger charge is -2.36. The third-order valence-corrected chi connectivity index (χ3v) is 18.2. The van der Waals surface area contributed by atoms with Crippen molar-refractivity contribution in [2.45, 2.75) is 309 Å². The van der Waals surface area contributed by atoms with E-state index in [4.69, 9.17) is 0 Å². The van der Waals surface area contributed by atoms with E-state index in [0.717, 1.165) is 126 Å². The Morgan fingerprint density at radius 3 is 1.40 bits per heavy atom. The molecule has 2 aromatic carbocycles. The highest BCUT2D eigenvalue weighted by atomic mass is 16.4. The summed E-state index contributed by atoms with van der Waals surface area (Å²) in [7, 11) is 0. The first-order valence-corrected chi connectivity index (χ1v) is 33.0. The number of benzene rings is 2. The van der Waals surface area contributed by atoms with Crippen molar-refractivity contribution in [2.24, 2.45) is 0 Å². The van der Waals surface area contributed by atoms with Crippen molar-refractivity contribution in [3.63, 3.8) is 0 Å². The first kappa shape index (κ1) is 63.9. The van der Waals surface area contributed by atoms with Gasteiger partial charge in [0.25, 0.3) is 0 Å². The minimum Gasteiger partial charge on any atom is -0.506 e. The molecule has 430 valence electrons. The van der Waals surface area contributed by atoms with Crippen LogP contribution in [0.3, 0.4) is 0 Å². The lowest BCUT2D eigenvalue weighted by atomic mass is 9.68. The second kappa shape index (κ2) is 35.6. The zero-order valence-electron chi connectivity index (χ0n) is 50.5. The lowest BCUT2D eigenvalue weighted by Crippen LogP contribution is -2.37. The number of ketones is 1. The fourth-order valence-corrected chi connectivity index (χ4v) is 13.6. The number of carbonyl (C=O) groups excluding carboxylic acids is 1. The van der Waals surface area contributed by atoms with E-state index < -0.39 is 11.4 Å². The van der Waals surface area contributed by atoms with Gasteiger partial charge >= 0.3 is 5.97 Å². The van der Waals surface area contributed by atoms with E-state index in [-0.39, 0.29) is 17.0 Å². The maximum atomic E-state index is 15.3. The Bertz CT molecular complexity index is 2200. The molecule has 77 heavy (non-hydrogen) atoms. The van der Waals surface area contributed by atoms with Crippen LogP contribution in [-0.2, 0) is 15.6 Å². The van der Waals surface area contributed by atoms with E-state index in [9.17, 15) is 15.0 Å². The Labute approximate surface area is 472 Å². The van der Waals surface area contributed by atoms with Crippen molar-refractivity contribution in [3.05, 3.63) is 93.9 Å². The van der Waals surface area contributed by atoms with E-state index >= 15 is 4.79 Å². The summed E-state index contributed by atoms with van der Waals surface area (Å²) in [6.07, 6.45) is 51.7. The number of para-hydroxylation sites is 1. The molecule has 6 heteroatoms.